The molecule has 1 rings (SSSR count). The molecule has 0 bridgehead atoms. The van der Waals surface area contributed by atoms with Crippen LogP contribution in [0.4, 0.5) is 8.78 Å². The van der Waals surface area contributed by atoms with Crippen LogP contribution in [0.5, 0.6) is 0 Å². The quantitative estimate of drug-likeness (QED) is 0.747. The number of alkyl halides is 1. The molecule has 0 aliphatic heterocycles. The fourth-order valence-corrected chi connectivity index (χ4v) is 1.54. The van der Waals surface area contributed by atoms with Gasteiger partial charge in [0.2, 0.25) is 5.91 Å². The number of carbonyl (C=O) groups excluding carboxylic acids is 1. The molecule has 0 unspecified atom stereocenters. The largest absolute Gasteiger partial charge is 0.341 e. The molecule has 0 aliphatic carbocycles. The third-order valence-electron chi connectivity index (χ3n) is 2.35. The first-order valence-corrected chi connectivity index (χ1v) is 5.82. The second kappa shape index (κ2) is 6.55. The zero-order valence-corrected chi connectivity index (χ0v) is 10.3. The Balaban J connectivity index is 2.58. The van der Waals surface area contributed by atoms with Crippen LogP contribution in [-0.4, -0.2) is 23.7 Å². The Hall–Kier alpha value is -1.16. The fraction of sp³-hybridized carbons (Fsp3) is 0.417. The van der Waals surface area contributed by atoms with E-state index in [1.54, 1.807) is 7.05 Å². The number of carbonyl (C=O) groups is 1. The normalized spacial score (nSPS) is 10.4. The molecule has 1 aromatic rings. The highest BCUT2D eigenvalue weighted by Crippen LogP contribution is 2.11. The third-order valence-corrected chi connectivity index (χ3v) is 2.62. The van der Waals surface area contributed by atoms with Crippen LogP contribution in [0.2, 0.25) is 0 Å². The average molecular weight is 262 g/mol. The predicted octanol–water partition coefficient (Wildman–Crippen LogP) is 2.94. The van der Waals surface area contributed by atoms with Gasteiger partial charge in [0, 0.05) is 25.9 Å². The Morgan fingerprint density at radius 3 is 2.65 bits per heavy atom. The van der Waals surface area contributed by atoms with Crippen molar-refractivity contribution in [3.63, 3.8) is 0 Å². The van der Waals surface area contributed by atoms with E-state index in [-0.39, 0.29) is 12.5 Å². The summed E-state index contributed by atoms with van der Waals surface area (Å²) >= 11 is 5.49. The van der Waals surface area contributed by atoms with Crippen molar-refractivity contribution in [3.05, 3.63) is 35.4 Å². The molecule has 94 valence electrons. The van der Waals surface area contributed by atoms with E-state index >= 15 is 0 Å². The molecule has 0 N–H and O–H groups in total. The van der Waals surface area contributed by atoms with E-state index in [9.17, 15) is 13.6 Å². The van der Waals surface area contributed by atoms with Crippen LogP contribution in [0.1, 0.15) is 18.4 Å². The molecule has 0 aliphatic rings. The van der Waals surface area contributed by atoms with E-state index in [1.807, 2.05) is 0 Å². The van der Waals surface area contributed by atoms with Crippen molar-refractivity contribution in [2.75, 3.05) is 12.9 Å². The molecule has 0 spiro atoms. The van der Waals surface area contributed by atoms with Crippen LogP contribution in [0.25, 0.3) is 0 Å². The summed E-state index contributed by atoms with van der Waals surface area (Å²) in [5.41, 5.74) is 0.561. The molecular formula is C12H14ClF2NO. The van der Waals surface area contributed by atoms with E-state index in [0.29, 0.717) is 24.3 Å². The summed E-state index contributed by atoms with van der Waals surface area (Å²) < 4.78 is 25.6. The van der Waals surface area contributed by atoms with Gasteiger partial charge in [-0.3, -0.25) is 4.79 Å². The Morgan fingerprint density at radius 2 is 2.06 bits per heavy atom. The van der Waals surface area contributed by atoms with Gasteiger partial charge in [0.15, 0.2) is 11.6 Å². The van der Waals surface area contributed by atoms with Gasteiger partial charge in [-0.2, -0.15) is 0 Å². The van der Waals surface area contributed by atoms with Crippen molar-refractivity contribution in [1.29, 1.82) is 0 Å². The number of halogens is 3. The lowest BCUT2D eigenvalue weighted by molar-refractivity contribution is -0.130. The van der Waals surface area contributed by atoms with E-state index < -0.39 is 11.6 Å². The molecule has 0 heterocycles. The van der Waals surface area contributed by atoms with Crippen molar-refractivity contribution < 1.29 is 13.6 Å². The minimum atomic E-state index is -0.899. The van der Waals surface area contributed by atoms with Gasteiger partial charge in [0.25, 0.3) is 0 Å². The van der Waals surface area contributed by atoms with Crippen LogP contribution in [0.15, 0.2) is 18.2 Å². The Labute approximate surface area is 104 Å². The van der Waals surface area contributed by atoms with Crippen molar-refractivity contribution in [2.24, 2.45) is 0 Å². The fourth-order valence-electron chi connectivity index (χ4n) is 1.41. The minimum absolute atomic E-state index is 0.0598. The first-order valence-electron chi connectivity index (χ1n) is 5.28. The molecule has 0 saturated carbocycles. The lowest BCUT2D eigenvalue weighted by atomic mass is 10.2. The molecule has 0 radical (unpaired) electrons. The molecular weight excluding hydrogens is 248 g/mol. The van der Waals surface area contributed by atoms with Gasteiger partial charge in [-0.1, -0.05) is 6.07 Å². The number of nitrogens with zero attached hydrogens (tertiary/aromatic N) is 1. The maximum atomic E-state index is 12.9. The Morgan fingerprint density at radius 1 is 1.35 bits per heavy atom. The highest BCUT2D eigenvalue weighted by molar-refractivity contribution is 6.17. The van der Waals surface area contributed by atoms with E-state index in [1.165, 1.54) is 11.0 Å². The molecule has 0 saturated heterocycles. The molecule has 17 heavy (non-hydrogen) atoms. The number of hydrogen-bond acceptors (Lipinski definition) is 1. The summed E-state index contributed by atoms with van der Waals surface area (Å²) in [4.78, 5) is 13.0. The first-order chi connectivity index (χ1) is 8.04. The maximum Gasteiger partial charge on any atom is 0.222 e. The van der Waals surface area contributed by atoms with Gasteiger partial charge < -0.3 is 4.90 Å². The van der Waals surface area contributed by atoms with Crippen molar-refractivity contribution >= 4 is 17.5 Å². The van der Waals surface area contributed by atoms with E-state index in [4.69, 9.17) is 11.6 Å². The molecule has 1 amide bonds. The molecule has 5 heteroatoms. The maximum absolute atomic E-state index is 12.9. The summed E-state index contributed by atoms with van der Waals surface area (Å²) in [6.07, 6.45) is 0.978. The third kappa shape index (κ3) is 4.30. The lowest BCUT2D eigenvalue weighted by Crippen LogP contribution is -2.26. The average Bonchev–Trinajstić information content (AvgIpc) is 2.30. The van der Waals surface area contributed by atoms with E-state index in [0.717, 1.165) is 12.1 Å². The number of benzene rings is 1. The van der Waals surface area contributed by atoms with Crippen LogP contribution in [0, 0.1) is 11.6 Å². The second-order valence-electron chi connectivity index (χ2n) is 3.79. The lowest BCUT2D eigenvalue weighted by Gasteiger charge is -2.17. The zero-order chi connectivity index (χ0) is 12.8. The molecule has 0 fully saturated rings. The highest BCUT2D eigenvalue weighted by atomic mass is 35.5. The van der Waals surface area contributed by atoms with Gasteiger partial charge in [-0.05, 0) is 24.1 Å². The smallest absolute Gasteiger partial charge is 0.222 e. The Kier molecular flexibility index (Phi) is 5.35. The molecule has 0 aromatic heterocycles. The second-order valence-corrected chi connectivity index (χ2v) is 4.17. The predicted molar refractivity (Wildman–Crippen MR) is 62.8 cm³/mol. The first kappa shape index (κ1) is 13.9. The summed E-state index contributed by atoms with van der Waals surface area (Å²) in [6.45, 7) is 0.262. The summed E-state index contributed by atoms with van der Waals surface area (Å²) in [7, 11) is 1.62. The topological polar surface area (TPSA) is 20.3 Å². The molecule has 1 aromatic carbocycles. The highest BCUT2D eigenvalue weighted by Gasteiger charge is 2.10. The number of hydrogen-bond donors (Lipinski definition) is 0. The summed E-state index contributed by atoms with van der Waals surface area (Å²) in [5, 5.41) is 0. The monoisotopic (exact) mass is 261 g/mol. The van der Waals surface area contributed by atoms with Crippen LogP contribution in [0.3, 0.4) is 0 Å². The minimum Gasteiger partial charge on any atom is -0.341 e. The van der Waals surface area contributed by atoms with Gasteiger partial charge >= 0.3 is 0 Å². The number of rotatable bonds is 5. The van der Waals surface area contributed by atoms with Crippen LogP contribution >= 0.6 is 11.6 Å². The van der Waals surface area contributed by atoms with Crippen LogP contribution < -0.4 is 0 Å². The van der Waals surface area contributed by atoms with Gasteiger partial charge in [-0.25, -0.2) is 8.78 Å². The molecule has 2 nitrogen and oxygen atoms in total. The van der Waals surface area contributed by atoms with Crippen molar-refractivity contribution in [3.8, 4) is 0 Å². The van der Waals surface area contributed by atoms with E-state index in [2.05, 4.69) is 0 Å². The van der Waals surface area contributed by atoms with Crippen LogP contribution in [-0.2, 0) is 11.3 Å². The van der Waals surface area contributed by atoms with Gasteiger partial charge in [0.05, 0.1) is 0 Å². The Bertz CT molecular complexity index is 398. The van der Waals surface area contributed by atoms with Crippen molar-refractivity contribution in [2.45, 2.75) is 19.4 Å². The zero-order valence-electron chi connectivity index (χ0n) is 9.55. The van der Waals surface area contributed by atoms with Gasteiger partial charge in [-0.15, -0.1) is 11.6 Å². The summed E-state index contributed by atoms with van der Waals surface area (Å²) in [6, 6.07) is 3.62. The number of amides is 1. The van der Waals surface area contributed by atoms with Crippen molar-refractivity contribution in [1.82, 2.24) is 4.90 Å². The molecule has 0 atom stereocenters. The van der Waals surface area contributed by atoms with Gasteiger partial charge in [0.1, 0.15) is 0 Å². The standard InChI is InChI=1S/C12H14ClF2NO/c1-16(12(17)3-2-6-13)8-9-4-5-10(14)11(15)7-9/h4-5,7H,2-3,6,8H2,1H3. The SMILES string of the molecule is CN(Cc1ccc(F)c(F)c1)C(=O)CCCCl. The summed E-state index contributed by atoms with van der Waals surface area (Å²) in [5.74, 6) is -1.41.